The van der Waals surface area contributed by atoms with Crippen molar-refractivity contribution in [3.05, 3.63) is 59.4 Å². The molecule has 0 saturated carbocycles. The first kappa shape index (κ1) is 19.5. The van der Waals surface area contributed by atoms with Crippen molar-refractivity contribution in [3.8, 4) is 17.1 Å². The molecule has 0 radical (unpaired) electrons. The topological polar surface area (TPSA) is 69.0 Å². The van der Waals surface area contributed by atoms with Gasteiger partial charge in [0.05, 0.1) is 0 Å². The average Bonchev–Trinajstić information content (AvgIpc) is 2.98. The Hall–Kier alpha value is -2.86. The molecular formula is C22H23ClN4O2. The highest BCUT2D eigenvalue weighted by atomic mass is 35.5. The van der Waals surface area contributed by atoms with Crippen LogP contribution in [-0.2, 0) is 17.8 Å². The molecular weight excluding hydrogens is 388 g/mol. The van der Waals surface area contributed by atoms with E-state index in [9.17, 15) is 4.79 Å². The van der Waals surface area contributed by atoms with Crippen molar-refractivity contribution in [1.29, 1.82) is 0 Å². The minimum Gasteiger partial charge on any atom is -0.481 e. The van der Waals surface area contributed by atoms with Crippen LogP contribution >= 0.6 is 11.6 Å². The number of hydrogen-bond donors (Lipinski definition) is 1. The number of aromatic nitrogens is 3. The summed E-state index contributed by atoms with van der Waals surface area (Å²) in [6.45, 7) is 2.67. The third-order valence-corrected chi connectivity index (χ3v) is 5.27. The molecule has 29 heavy (non-hydrogen) atoms. The van der Waals surface area contributed by atoms with Crippen LogP contribution in [0.5, 0.6) is 5.75 Å². The van der Waals surface area contributed by atoms with E-state index in [1.165, 1.54) is 12.8 Å². The van der Waals surface area contributed by atoms with Gasteiger partial charge in [0, 0.05) is 29.2 Å². The number of aryl methyl sites for hydroxylation is 1. The SMILES string of the molecule is C[C@H](Oc1ccc(Cl)cc1)C(=O)Nc1ccc(-c2nnc3n2CCCCC3)cc1. The lowest BCUT2D eigenvalue weighted by Gasteiger charge is -2.15. The summed E-state index contributed by atoms with van der Waals surface area (Å²) < 4.78 is 7.88. The van der Waals surface area contributed by atoms with E-state index < -0.39 is 6.10 Å². The van der Waals surface area contributed by atoms with E-state index in [4.69, 9.17) is 16.3 Å². The Balaban J connectivity index is 1.41. The van der Waals surface area contributed by atoms with Crippen molar-refractivity contribution in [2.24, 2.45) is 0 Å². The monoisotopic (exact) mass is 410 g/mol. The van der Waals surface area contributed by atoms with Crippen LogP contribution in [-0.4, -0.2) is 26.8 Å². The van der Waals surface area contributed by atoms with Gasteiger partial charge in [0.15, 0.2) is 11.9 Å². The van der Waals surface area contributed by atoms with Crippen molar-refractivity contribution in [1.82, 2.24) is 14.8 Å². The predicted octanol–water partition coefficient (Wildman–Crippen LogP) is 4.73. The Labute approximate surface area is 174 Å². The number of ether oxygens (including phenoxy) is 1. The summed E-state index contributed by atoms with van der Waals surface area (Å²) in [5.41, 5.74) is 1.70. The summed E-state index contributed by atoms with van der Waals surface area (Å²) in [6.07, 6.45) is 3.89. The highest BCUT2D eigenvalue weighted by Gasteiger charge is 2.17. The Bertz CT molecular complexity index is 983. The maximum atomic E-state index is 12.4. The maximum absolute atomic E-state index is 12.4. The molecule has 2 aromatic carbocycles. The van der Waals surface area contributed by atoms with Gasteiger partial charge in [0.1, 0.15) is 11.6 Å². The van der Waals surface area contributed by atoms with E-state index in [1.54, 1.807) is 31.2 Å². The summed E-state index contributed by atoms with van der Waals surface area (Å²) in [6, 6.07) is 14.6. The number of benzene rings is 2. The van der Waals surface area contributed by atoms with Crippen molar-refractivity contribution in [2.75, 3.05) is 5.32 Å². The lowest BCUT2D eigenvalue weighted by atomic mass is 10.2. The van der Waals surface area contributed by atoms with E-state index in [0.717, 1.165) is 36.6 Å². The van der Waals surface area contributed by atoms with Gasteiger partial charge in [-0.2, -0.15) is 0 Å². The van der Waals surface area contributed by atoms with Crippen molar-refractivity contribution >= 4 is 23.2 Å². The average molecular weight is 411 g/mol. The predicted molar refractivity (Wildman–Crippen MR) is 113 cm³/mol. The van der Waals surface area contributed by atoms with E-state index >= 15 is 0 Å². The van der Waals surface area contributed by atoms with Gasteiger partial charge in [0.2, 0.25) is 0 Å². The molecule has 0 fully saturated rings. The fourth-order valence-electron chi connectivity index (χ4n) is 3.42. The van der Waals surface area contributed by atoms with Crippen molar-refractivity contribution < 1.29 is 9.53 Å². The van der Waals surface area contributed by atoms with Crippen LogP contribution in [0, 0.1) is 0 Å². The van der Waals surface area contributed by atoms with Gasteiger partial charge in [-0.3, -0.25) is 4.79 Å². The summed E-state index contributed by atoms with van der Waals surface area (Å²) >= 11 is 5.87. The van der Waals surface area contributed by atoms with Crippen LogP contribution in [0.1, 0.15) is 32.0 Å². The first-order valence-corrected chi connectivity index (χ1v) is 10.2. The Morgan fingerprint density at radius 2 is 1.83 bits per heavy atom. The van der Waals surface area contributed by atoms with Crippen molar-refractivity contribution in [3.63, 3.8) is 0 Å². The molecule has 7 heteroatoms. The summed E-state index contributed by atoms with van der Waals surface area (Å²) in [4.78, 5) is 12.4. The van der Waals surface area contributed by atoms with Gasteiger partial charge in [-0.1, -0.05) is 18.0 Å². The Kier molecular flexibility index (Phi) is 5.81. The second-order valence-electron chi connectivity index (χ2n) is 7.18. The van der Waals surface area contributed by atoms with Crippen molar-refractivity contribution in [2.45, 2.75) is 45.3 Å². The number of amides is 1. The summed E-state index contributed by atoms with van der Waals surface area (Å²) in [5, 5.41) is 12.2. The van der Waals surface area contributed by atoms with Gasteiger partial charge in [-0.05, 0) is 68.3 Å². The zero-order valence-corrected chi connectivity index (χ0v) is 17.0. The number of anilines is 1. The molecule has 1 aliphatic rings. The third-order valence-electron chi connectivity index (χ3n) is 5.02. The van der Waals surface area contributed by atoms with Gasteiger partial charge in [-0.25, -0.2) is 0 Å². The number of hydrogen-bond acceptors (Lipinski definition) is 4. The van der Waals surface area contributed by atoms with E-state index in [-0.39, 0.29) is 5.91 Å². The molecule has 3 aromatic rings. The van der Waals surface area contributed by atoms with Crippen LogP contribution in [0.2, 0.25) is 5.02 Å². The molecule has 0 saturated heterocycles. The summed E-state index contributed by atoms with van der Waals surface area (Å²) in [7, 11) is 0. The largest absolute Gasteiger partial charge is 0.481 e. The number of nitrogens with one attached hydrogen (secondary N) is 1. The number of fused-ring (bicyclic) bond motifs is 1. The van der Waals surface area contributed by atoms with E-state index in [2.05, 4.69) is 20.1 Å². The van der Waals surface area contributed by atoms with E-state index in [1.807, 2.05) is 24.3 Å². The smallest absolute Gasteiger partial charge is 0.265 e. The lowest BCUT2D eigenvalue weighted by Crippen LogP contribution is -2.30. The highest BCUT2D eigenvalue weighted by Crippen LogP contribution is 2.24. The third kappa shape index (κ3) is 4.59. The molecule has 0 spiro atoms. The quantitative estimate of drug-likeness (QED) is 0.660. The molecule has 2 heterocycles. The molecule has 1 amide bonds. The zero-order chi connectivity index (χ0) is 20.2. The molecule has 6 nitrogen and oxygen atoms in total. The maximum Gasteiger partial charge on any atom is 0.265 e. The normalized spacial score (nSPS) is 14.6. The molecule has 0 bridgehead atoms. The van der Waals surface area contributed by atoms with Gasteiger partial charge < -0.3 is 14.6 Å². The molecule has 1 aromatic heterocycles. The molecule has 150 valence electrons. The molecule has 1 atom stereocenters. The van der Waals surface area contributed by atoms with Gasteiger partial charge >= 0.3 is 0 Å². The van der Waals surface area contributed by atoms with Crippen LogP contribution in [0.15, 0.2) is 48.5 Å². The molecule has 4 rings (SSSR count). The minimum absolute atomic E-state index is 0.218. The first-order chi connectivity index (χ1) is 14.1. The minimum atomic E-state index is -0.636. The van der Waals surface area contributed by atoms with Crippen LogP contribution in [0.4, 0.5) is 5.69 Å². The molecule has 1 aliphatic heterocycles. The Morgan fingerprint density at radius 3 is 2.59 bits per heavy atom. The zero-order valence-electron chi connectivity index (χ0n) is 16.3. The number of carbonyl (C=O) groups excluding carboxylic acids is 1. The Morgan fingerprint density at radius 1 is 1.07 bits per heavy atom. The van der Waals surface area contributed by atoms with Gasteiger partial charge in [-0.15, -0.1) is 10.2 Å². The lowest BCUT2D eigenvalue weighted by molar-refractivity contribution is -0.122. The van der Waals surface area contributed by atoms with Crippen LogP contribution in [0.25, 0.3) is 11.4 Å². The van der Waals surface area contributed by atoms with E-state index in [0.29, 0.717) is 16.5 Å². The first-order valence-electron chi connectivity index (χ1n) is 9.86. The molecule has 0 aliphatic carbocycles. The number of rotatable bonds is 5. The second kappa shape index (κ2) is 8.66. The number of nitrogens with zero attached hydrogens (tertiary/aromatic N) is 3. The summed E-state index contributed by atoms with van der Waals surface area (Å²) in [5.74, 6) is 2.33. The second-order valence-corrected chi connectivity index (χ2v) is 7.62. The van der Waals surface area contributed by atoms with Crippen LogP contribution in [0.3, 0.4) is 0 Å². The number of halogens is 1. The van der Waals surface area contributed by atoms with Gasteiger partial charge in [0.25, 0.3) is 5.91 Å². The standard InChI is InChI=1S/C22H23ClN4O2/c1-15(29-19-12-8-17(23)9-13-19)22(28)24-18-10-6-16(7-11-18)21-26-25-20-5-3-2-4-14-27(20)21/h6-13,15H,2-5,14H2,1H3,(H,24,28)/t15-/m0/s1. The fraction of sp³-hybridized carbons (Fsp3) is 0.318. The fourth-order valence-corrected chi connectivity index (χ4v) is 3.54. The molecule has 0 unspecified atom stereocenters. The molecule has 1 N–H and O–H groups in total. The highest BCUT2D eigenvalue weighted by molar-refractivity contribution is 6.30. The number of carbonyl (C=O) groups is 1. The van der Waals surface area contributed by atoms with Crippen LogP contribution < -0.4 is 10.1 Å².